The molecule has 0 aliphatic rings. The zero-order valence-electron chi connectivity index (χ0n) is 14.2. The molecular formula is C18H12ClN7OS. The first-order valence-corrected chi connectivity index (χ1v) is 9.31. The van der Waals surface area contributed by atoms with Crippen molar-refractivity contribution in [1.82, 2.24) is 30.4 Å². The van der Waals surface area contributed by atoms with Crippen LogP contribution in [0.15, 0.2) is 76.9 Å². The third-order valence-electron chi connectivity index (χ3n) is 3.61. The Morgan fingerprint density at radius 3 is 2.43 bits per heavy atom. The molecule has 28 heavy (non-hydrogen) atoms. The van der Waals surface area contributed by atoms with Gasteiger partial charge >= 0.3 is 0 Å². The largest absolute Gasteiger partial charge is 0.321 e. The van der Waals surface area contributed by atoms with E-state index in [0.29, 0.717) is 20.9 Å². The van der Waals surface area contributed by atoms with Gasteiger partial charge in [-0.05, 0) is 70.7 Å². The molecule has 0 saturated heterocycles. The number of anilines is 1. The molecule has 0 saturated carbocycles. The number of benzene rings is 2. The van der Waals surface area contributed by atoms with Crippen molar-refractivity contribution in [2.75, 3.05) is 5.32 Å². The van der Waals surface area contributed by atoms with Crippen molar-refractivity contribution in [3.05, 3.63) is 77.4 Å². The monoisotopic (exact) mass is 409 g/mol. The zero-order valence-corrected chi connectivity index (χ0v) is 15.8. The van der Waals surface area contributed by atoms with E-state index in [0.717, 1.165) is 5.69 Å². The van der Waals surface area contributed by atoms with E-state index in [4.69, 9.17) is 11.6 Å². The maximum absolute atomic E-state index is 12.2. The lowest BCUT2D eigenvalue weighted by molar-refractivity contribution is 0.102. The van der Waals surface area contributed by atoms with Gasteiger partial charge in [-0.2, -0.15) is 4.68 Å². The van der Waals surface area contributed by atoms with E-state index in [1.165, 1.54) is 11.8 Å². The first-order chi connectivity index (χ1) is 13.7. The second-order valence-corrected chi connectivity index (χ2v) is 6.95. The van der Waals surface area contributed by atoms with E-state index in [1.54, 1.807) is 41.1 Å². The summed E-state index contributed by atoms with van der Waals surface area (Å²) in [5, 5.41) is 24.2. The molecule has 0 radical (unpaired) electrons. The van der Waals surface area contributed by atoms with Crippen molar-refractivity contribution in [1.29, 1.82) is 0 Å². The van der Waals surface area contributed by atoms with Crippen LogP contribution in [0.4, 0.5) is 5.69 Å². The van der Waals surface area contributed by atoms with E-state index >= 15 is 0 Å². The summed E-state index contributed by atoms with van der Waals surface area (Å²) in [5.41, 5.74) is 1.67. The van der Waals surface area contributed by atoms with Gasteiger partial charge in [-0.1, -0.05) is 29.8 Å². The second-order valence-electron chi connectivity index (χ2n) is 5.53. The molecule has 0 spiro atoms. The molecule has 138 valence electrons. The molecule has 4 rings (SSSR count). The SMILES string of the molecule is O=C(Nc1ccccc1)c1ccc(Sc2nnnn2-c2ccc(Cl)cc2)nn1. The van der Waals surface area contributed by atoms with E-state index < -0.39 is 0 Å². The topological polar surface area (TPSA) is 98.5 Å². The van der Waals surface area contributed by atoms with Gasteiger partial charge in [0.25, 0.3) is 5.91 Å². The molecule has 0 atom stereocenters. The standard InChI is InChI=1S/C18H12ClN7OS/c19-12-6-8-14(9-7-12)26-18(23-24-25-26)28-16-11-10-15(21-22-16)17(27)20-13-4-2-1-3-5-13/h1-11H,(H,20,27). The Balaban J connectivity index is 1.48. The number of para-hydroxylation sites is 1. The first kappa shape index (κ1) is 18.1. The normalized spacial score (nSPS) is 10.6. The average molecular weight is 410 g/mol. The maximum Gasteiger partial charge on any atom is 0.276 e. The Kier molecular flexibility index (Phi) is 5.27. The number of carbonyl (C=O) groups excluding carboxylic acids is 1. The maximum atomic E-state index is 12.2. The van der Waals surface area contributed by atoms with Crippen LogP contribution < -0.4 is 5.32 Å². The lowest BCUT2D eigenvalue weighted by atomic mass is 10.3. The predicted molar refractivity (Wildman–Crippen MR) is 105 cm³/mol. The highest BCUT2D eigenvalue weighted by atomic mass is 35.5. The van der Waals surface area contributed by atoms with Crippen LogP contribution in [-0.4, -0.2) is 36.3 Å². The van der Waals surface area contributed by atoms with Crippen LogP contribution in [0.25, 0.3) is 5.69 Å². The van der Waals surface area contributed by atoms with Gasteiger partial charge in [0.05, 0.1) is 5.69 Å². The Labute approximate surface area is 168 Å². The summed E-state index contributed by atoms with van der Waals surface area (Å²) >= 11 is 7.15. The van der Waals surface area contributed by atoms with Crippen LogP contribution >= 0.6 is 23.4 Å². The van der Waals surface area contributed by atoms with Crippen LogP contribution in [-0.2, 0) is 0 Å². The molecule has 0 bridgehead atoms. The molecule has 8 nitrogen and oxygen atoms in total. The zero-order chi connectivity index (χ0) is 19.3. The fourth-order valence-electron chi connectivity index (χ4n) is 2.29. The summed E-state index contributed by atoms with van der Waals surface area (Å²) in [6.45, 7) is 0. The quantitative estimate of drug-likeness (QED) is 0.538. The highest BCUT2D eigenvalue weighted by Crippen LogP contribution is 2.25. The van der Waals surface area contributed by atoms with Crippen molar-refractivity contribution in [2.45, 2.75) is 10.2 Å². The van der Waals surface area contributed by atoms with Crippen LogP contribution in [0.1, 0.15) is 10.5 Å². The Morgan fingerprint density at radius 1 is 0.929 bits per heavy atom. The first-order valence-electron chi connectivity index (χ1n) is 8.11. The number of hydrogen-bond donors (Lipinski definition) is 1. The third kappa shape index (κ3) is 4.16. The van der Waals surface area contributed by atoms with Crippen molar-refractivity contribution in [2.24, 2.45) is 0 Å². The summed E-state index contributed by atoms with van der Waals surface area (Å²) in [6.07, 6.45) is 0. The highest BCUT2D eigenvalue weighted by Gasteiger charge is 2.13. The number of rotatable bonds is 5. The smallest absolute Gasteiger partial charge is 0.276 e. The van der Waals surface area contributed by atoms with Crippen LogP contribution in [0.5, 0.6) is 0 Å². The molecule has 0 unspecified atom stereocenters. The minimum atomic E-state index is -0.332. The van der Waals surface area contributed by atoms with E-state index in [2.05, 4.69) is 31.0 Å². The Morgan fingerprint density at radius 2 is 1.71 bits per heavy atom. The van der Waals surface area contributed by atoms with Crippen molar-refractivity contribution < 1.29 is 4.79 Å². The average Bonchev–Trinajstić information content (AvgIpc) is 3.18. The number of halogens is 1. The summed E-state index contributed by atoms with van der Waals surface area (Å²) in [7, 11) is 0. The number of amides is 1. The second kappa shape index (κ2) is 8.15. The van der Waals surface area contributed by atoms with Crippen LogP contribution in [0, 0.1) is 0 Å². The molecule has 2 aromatic carbocycles. The molecule has 0 fully saturated rings. The number of tetrazole rings is 1. The summed E-state index contributed by atoms with van der Waals surface area (Å²) in [6, 6.07) is 19.6. The summed E-state index contributed by atoms with van der Waals surface area (Å²) < 4.78 is 1.57. The molecule has 1 N–H and O–H groups in total. The molecule has 4 aromatic rings. The van der Waals surface area contributed by atoms with Crippen molar-refractivity contribution in [3.63, 3.8) is 0 Å². The number of nitrogens with one attached hydrogen (secondary N) is 1. The number of aromatic nitrogens is 6. The molecule has 2 aromatic heterocycles. The number of carbonyl (C=O) groups is 1. The number of nitrogens with zero attached hydrogens (tertiary/aromatic N) is 6. The Hall–Kier alpha value is -3.30. The van der Waals surface area contributed by atoms with Gasteiger partial charge in [0, 0.05) is 10.7 Å². The van der Waals surface area contributed by atoms with Gasteiger partial charge in [0.15, 0.2) is 5.69 Å². The summed E-state index contributed by atoms with van der Waals surface area (Å²) in [5.74, 6) is -0.332. The minimum absolute atomic E-state index is 0.213. The van der Waals surface area contributed by atoms with Gasteiger partial charge in [-0.15, -0.1) is 15.3 Å². The lowest BCUT2D eigenvalue weighted by Crippen LogP contribution is -2.14. The van der Waals surface area contributed by atoms with Gasteiger partial charge in [-0.3, -0.25) is 4.79 Å². The van der Waals surface area contributed by atoms with Gasteiger partial charge in [0.1, 0.15) is 5.03 Å². The lowest BCUT2D eigenvalue weighted by Gasteiger charge is -2.05. The van der Waals surface area contributed by atoms with Crippen molar-refractivity contribution >= 4 is 35.0 Å². The highest BCUT2D eigenvalue weighted by molar-refractivity contribution is 7.99. The molecule has 2 heterocycles. The molecular weight excluding hydrogens is 398 g/mol. The van der Waals surface area contributed by atoms with Gasteiger partial charge in [0.2, 0.25) is 5.16 Å². The molecule has 0 aliphatic heterocycles. The molecule has 1 amide bonds. The van der Waals surface area contributed by atoms with Crippen LogP contribution in [0.3, 0.4) is 0 Å². The van der Waals surface area contributed by atoms with Gasteiger partial charge in [-0.25, -0.2) is 0 Å². The Bertz CT molecular complexity index is 1090. The molecule has 10 heteroatoms. The fourth-order valence-corrected chi connectivity index (χ4v) is 3.13. The van der Waals surface area contributed by atoms with E-state index in [1.807, 2.05) is 30.3 Å². The van der Waals surface area contributed by atoms with Crippen molar-refractivity contribution in [3.8, 4) is 5.69 Å². The predicted octanol–water partition coefficient (Wildman–Crippen LogP) is 3.51. The third-order valence-corrected chi connectivity index (χ3v) is 4.73. The van der Waals surface area contributed by atoms with Crippen LogP contribution in [0.2, 0.25) is 5.02 Å². The minimum Gasteiger partial charge on any atom is -0.321 e. The molecule has 0 aliphatic carbocycles. The van der Waals surface area contributed by atoms with Gasteiger partial charge < -0.3 is 5.32 Å². The summed E-state index contributed by atoms with van der Waals surface area (Å²) in [4.78, 5) is 12.2. The van der Waals surface area contributed by atoms with E-state index in [-0.39, 0.29) is 11.6 Å². The number of hydrogen-bond acceptors (Lipinski definition) is 7. The fraction of sp³-hybridized carbons (Fsp3) is 0. The van der Waals surface area contributed by atoms with E-state index in [9.17, 15) is 4.79 Å².